The fraction of sp³-hybridized carbons (Fsp3) is 0.333. The molecule has 0 radical (unpaired) electrons. The third-order valence-corrected chi connectivity index (χ3v) is 5.12. The summed E-state index contributed by atoms with van der Waals surface area (Å²) >= 11 is 0. The molecule has 1 heterocycles. The summed E-state index contributed by atoms with van der Waals surface area (Å²) in [7, 11) is 2.12. The number of rotatable bonds is 3. The minimum atomic E-state index is -0.447. The van der Waals surface area contributed by atoms with Crippen LogP contribution in [0, 0.1) is 5.82 Å². The van der Waals surface area contributed by atoms with Crippen molar-refractivity contribution < 1.29 is 9.18 Å². The molecule has 1 amide bonds. The van der Waals surface area contributed by atoms with Crippen LogP contribution >= 0.6 is 0 Å². The number of hydrazone groups is 1. The Balaban J connectivity index is 1.74. The quantitative estimate of drug-likeness (QED) is 0.660. The van der Waals surface area contributed by atoms with Gasteiger partial charge in [-0.2, -0.15) is 5.10 Å². The predicted molar refractivity (Wildman–Crippen MR) is 103 cm³/mol. The van der Waals surface area contributed by atoms with E-state index in [1.165, 1.54) is 29.4 Å². The molecule has 3 rings (SSSR count). The summed E-state index contributed by atoms with van der Waals surface area (Å²) in [6.45, 7) is 6.74. The van der Waals surface area contributed by atoms with Crippen molar-refractivity contribution in [2.75, 3.05) is 11.9 Å². The number of carbonyl (C=O) groups is 1. The fourth-order valence-electron chi connectivity index (χ4n) is 3.54. The predicted octanol–water partition coefficient (Wildman–Crippen LogP) is 4.31. The Morgan fingerprint density at radius 1 is 1.31 bits per heavy atom. The molecule has 0 unspecified atom stereocenters. The number of fused-ring (bicyclic) bond motifs is 1. The van der Waals surface area contributed by atoms with Crippen molar-refractivity contribution in [3.8, 4) is 0 Å². The molecule has 4 nitrogen and oxygen atoms in total. The number of nitrogens with zero attached hydrogens (tertiary/aromatic N) is 2. The van der Waals surface area contributed by atoms with Crippen LogP contribution in [-0.2, 0) is 0 Å². The normalized spacial score (nSPS) is 18.7. The van der Waals surface area contributed by atoms with Gasteiger partial charge >= 0.3 is 0 Å². The Kier molecular flexibility index (Phi) is 4.81. The molecule has 1 atom stereocenters. The van der Waals surface area contributed by atoms with Crippen molar-refractivity contribution >= 4 is 17.8 Å². The molecule has 2 aromatic rings. The van der Waals surface area contributed by atoms with Gasteiger partial charge in [0, 0.05) is 23.8 Å². The highest BCUT2D eigenvalue weighted by atomic mass is 19.1. The van der Waals surface area contributed by atoms with Gasteiger partial charge in [0.2, 0.25) is 0 Å². The average Bonchev–Trinajstić information content (AvgIpc) is 2.59. The lowest BCUT2D eigenvalue weighted by Crippen LogP contribution is -2.45. The standard InChI is InChI=1S/C21H24FN3O/c1-14-12-21(2,3)25(4)19-9-8-15(10-18(14)19)13-23-24-20(26)16-6-5-7-17(22)11-16/h5-11,13-14H,12H2,1-4H3,(H,24,26)/b23-13-/t14-/m0/s1. The lowest BCUT2D eigenvalue weighted by Gasteiger charge is -2.45. The van der Waals surface area contributed by atoms with E-state index in [9.17, 15) is 9.18 Å². The van der Waals surface area contributed by atoms with Gasteiger partial charge in [0.15, 0.2) is 0 Å². The molecule has 1 aliphatic rings. The Bertz CT molecular complexity index is 860. The SMILES string of the molecule is C[C@H]1CC(C)(C)N(C)c2ccc(/C=N\NC(=O)c3cccc(F)c3)cc21. The van der Waals surface area contributed by atoms with E-state index >= 15 is 0 Å². The molecular weight excluding hydrogens is 329 g/mol. The number of amides is 1. The highest BCUT2D eigenvalue weighted by Crippen LogP contribution is 2.42. The second-order valence-corrected chi connectivity index (χ2v) is 7.50. The van der Waals surface area contributed by atoms with Crippen molar-refractivity contribution in [2.45, 2.75) is 38.6 Å². The van der Waals surface area contributed by atoms with Crippen LogP contribution < -0.4 is 10.3 Å². The van der Waals surface area contributed by atoms with Gasteiger partial charge in [-0.25, -0.2) is 9.82 Å². The van der Waals surface area contributed by atoms with Gasteiger partial charge in [0.25, 0.3) is 5.91 Å². The van der Waals surface area contributed by atoms with Crippen LogP contribution in [0.1, 0.15) is 54.6 Å². The first-order valence-electron chi connectivity index (χ1n) is 8.75. The molecule has 2 aromatic carbocycles. The first-order chi connectivity index (χ1) is 12.3. The van der Waals surface area contributed by atoms with Crippen LogP contribution in [0.2, 0.25) is 0 Å². The molecule has 0 saturated carbocycles. The summed E-state index contributed by atoms with van der Waals surface area (Å²) in [6, 6.07) is 11.7. The average molecular weight is 353 g/mol. The van der Waals surface area contributed by atoms with Crippen molar-refractivity contribution in [1.29, 1.82) is 0 Å². The number of hydrogen-bond donors (Lipinski definition) is 1. The molecule has 1 aliphatic heterocycles. The summed E-state index contributed by atoms with van der Waals surface area (Å²) in [6.07, 6.45) is 2.69. The number of benzene rings is 2. The molecule has 26 heavy (non-hydrogen) atoms. The van der Waals surface area contributed by atoms with Gasteiger partial charge in [-0.1, -0.05) is 19.1 Å². The summed E-state index contributed by atoms with van der Waals surface area (Å²) in [4.78, 5) is 14.3. The van der Waals surface area contributed by atoms with E-state index in [2.05, 4.69) is 55.4 Å². The summed E-state index contributed by atoms with van der Waals surface area (Å²) in [5.74, 6) is -0.433. The van der Waals surface area contributed by atoms with Crippen LogP contribution in [0.15, 0.2) is 47.6 Å². The first kappa shape index (κ1) is 18.1. The van der Waals surface area contributed by atoms with E-state index in [0.717, 1.165) is 12.0 Å². The zero-order chi connectivity index (χ0) is 18.9. The van der Waals surface area contributed by atoms with Crippen LogP contribution in [0.4, 0.5) is 10.1 Å². The smallest absolute Gasteiger partial charge is 0.271 e. The number of anilines is 1. The number of carbonyl (C=O) groups excluding carboxylic acids is 1. The maximum absolute atomic E-state index is 13.2. The molecule has 0 bridgehead atoms. The highest BCUT2D eigenvalue weighted by molar-refractivity contribution is 5.94. The van der Waals surface area contributed by atoms with E-state index in [1.54, 1.807) is 12.3 Å². The number of halogens is 1. The Morgan fingerprint density at radius 3 is 2.81 bits per heavy atom. The molecule has 0 aromatic heterocycles. The Hall–Kier alpha value is -2.69. The van der Waals surface area contributed by atoms with E-state index in [-0.39, 0.29) is 11.1 Å². The molecule has 136 valence electrons. The van der Waals surface area contributed by atoms with Crippen molar-refractivity contribution in [1.82, 2.24) is 5.43 Å². The fourth-order valence-corrected chi connectivity index (χ4v) is 3.54. The molecule has 1 N–H and O–H groups in total. The number of hydrogen-bond acceptors (Lipinski definition) is 3. The third kappa shape index (κ3) is 3.62. The monoisotopic (exact) mass is 353 g/mol. The first-order valence-corrected chi connectivity index (χ1v) is 8.75. The van der Waals surface area contributed by atoms with Crippen LogP contribution in [0.3, 0.4) is 0 Å². The molecule has 5 heteroatoms. The van der Waals surface area contributed by atoms with Crippen molar-refractivity contribution in [3.63, 3.8) is 0 Å². The maximum Gasteiger partial charge on any atom is 0.271 e. The van der Waals surface area contributed by atoms with E-state index in [0.29, 0.717) is 5.92 Å². The molecular formula is C21H24FN3O. The van der Waals surface area contributed by atoms with Crippen LogP contribution in [-0.4, -0.2) is 24.7 Å². The van der Waals surface area contributed by atoms with Crippen LogP contribution in [0.5, 0.6) is 0 Å². The number of nitrogens with one attached hydrogen (secondary N) is 1. The second-order valence-electron chi connectivity index (χ2n) is 7.50. The van der Waals surface area contributed by atoms with E-state index in [4.69, 9.17) is 0 Å². The van der Waals surface area contributed by atoms with Gasteiger partial charge < -0.3 is 4.90 Å². The topological polar surface area (TPSA) is 44.7 Å². The summed E-state index contributed by atoms with van der Waals surface area (Å²) in [5, 5.41) is 4.01. The molecule has 0 aliphatic carbocycles. The zero-order valence-corrected chi connectivity index (χ0v) is 15.6. The zero-order valence-electron chi connectivity index (χ0n) is 15.6. The minimum absolute atomic E-state index is 0.126. The van der Waals surface area contributed by atoms with Gasteiger partial charge in [0.1, 0.15) is 5.82 Å². The Labute approximate surface area is 153 Å². The molecule has 0 fully saturated rings. The lowest BCUT2D eigenvalue weighted by atomic mass is 9.80. The second kappa shape index (κ2) is 6.90. The van der Waals surface area contributed by atoms with Gasteiger partial charge in [-0.3, -0.25) is 4.79 Å². The van der Waals surface area contributed by atoms with Gasteiger partial charge in [-0.15, -0.1) is 0 Å². The van der Waals surface area contributed by atoms with Crippen molar-refractivity contribution in [2.24, 2.45) is 5.10 Å². The van der Waals surface area contributed by atoms with E-state index < -0.39 is 11.7 Å². The van der Waals surface area contributed by atoms with Gasteiger partial charge in [0.05, 0.1) is 6.21 Å². The molecule has 0 saturated heterocycles. The minimum Gasteiger partial charge on any atom is -0.369 e. The summed E-state index contributed by atoms with van der Waals surface area (Å²) < 4.78 is 13.2. The van der Waals surface area contributed by atoms with Gasteiger partial charge in [-0.05, 0) is 67.6 Å². The largest absolute Gasteiger partial charge is 0.369 e. The maximum atomic E-state index is 13.2. The van der Waals surface area contributed by atoms with Crippen LogP contribution in [0.25, 0.3) is 0 Å². The third-order valence-electron chi connectivity index (χ3n) is 5.12. The molecule has 0 spiro atoms. The lowest BCUT2D eigenvalue weighted by molar-refractivity contribution is 0.0954. The summed E-state index contributed by atoms with van der Waals surface area (Å²) in [5.41, 5.74) is 6.24. The van der Waals surface area contributed by atoms with E-state index in [1.807, 2.05) is 6.07 Å². The Morgan fingerprint density at radius 2 is 2.08 bits per heavy atom. The highest BCUT2D eigenvalue weighted by Gasteiger charge is 2.33. The van der Waals surface area contributed by atoms with Crippen molar-refractivity contribution in [3.05, 3.63) is 65.0 Å².